The van der Waals surface area contributed by atoms with Gasteiger partial charge in [-0.3, -0.25) is 4.90 Å². The molecule has 0 aliphatic carbocycles. The first-order valence-corrected chi connectivity index (χ1v) is 7.55. The highest BCUT2D eigenvalue weighted by molar-refractivity contribution is 6.31. The number of methoxy groups -OCH3 is 1. The standard InChI is InChI=1S/C16H16ClNO5/c1-22-15(20)14(11-4-2-3-5-12(11)17)18-7-6-16(21)10(9-18)8-13(19)23-16/h2-5,8,14,21H,6-7,9H2,1H3/t14-,16+/m0/s1. The molecule has 23 heavy (non-hydrogen) atoms. The highest BCUT2D eigenvalue weighted by Gasteiger charge is 2.47. The molecular formula is C16H16ClNO5. The van der Waals surface area contributed by atoms with Crippen LogP contribution in [-0.2, 0) is 19.1 Å². The minimum absolute atomic E-state index is 0.183. The molecule has 0 radical (unpaired) electrons. The second kappa shape index (κ2) is 5.96. The van der Waals surface area contributed by atoms with Gasteiger partial charge in [-0.1, -0.05) is 29.8 Å². The van der Waals surface area contributed by atoms with Crippen molar-refractivity contribution in [2.75, 3.05) is 20.2 Å². The van der Waals surface area contributed by atoms with E-state index >= 15 is 0 Å². The van der Waals surface area contributed by atoms with Crippen molar-refractivity contribution >= 4 is 23.5 Å². The van der Waals surface area contributed by atoms with Gasteiger partial charge in [0.05, 0.1) is 7.11 Å². The normalized spacial score (nSPS) is 25.3. The smallest absolute Gasteiger partial charge is 0.333 e. The Bertz CT molecular complexity index is 689. The van der Waals surface area contributed by atoms with Crippen molar-refractivity contribution in [2.24, 2.45) is 0 Å². The molecule has 0 bridgehead atoms. The molecule has 0 amide bonds. The van der Waals surface area contributed by atoms with Crippen LogP contribution >= 0.6 is 11.6 Å². The van der Waals surface area contributed by atoms with Gasteiger partial charge in [-0.15, -0.1) is 0 Å². The number of carbonyl (C=O) groups is 2. The Morgan fingerprint density at radius 3 is 2.91 bits per heavy atom. The van der Waals surface area contributed by atoms with E-state index < -0.39 is 23.8 Å². The maximum absolute atomic E-state index is 12.3. The van der Waals surface area contributed by atoms with Crippen LogP contribution in [0.5, 0.6) is 0 Å². The fourth-order valence-corrected chi connectivity index (χ4v) is 3.23. The number of esters is 2. The zero-order valence-electron chi connectivity index (χ0n) is 12.5. The molecule has 0 unspecified atom stereocenters. The van der Waals surface area contributed by atoms with E-state index in [1.807, 2.05) is 4.90 Å². The van der Waals surface area contributed by atoms with Crippen LogP contribution in [0.25, 0.3) is 0 Å². The topological polar surface area (TPSA) is 76.1 Å². The van der Waals surface area contributed by atoms with Gasteiger partial charge in [0.15, 0.2) is 0 Å². The van der Waals surface area contributed by atoms with Crippen LogP contribution in [0.3, 0.4) is 0 Å². The predicted molar refractivity (Wildman–Crippen MR) is 81.5 cm³/mol. The Kier molecular flexibility index (Phi) is 4.14. The Balaban J connectivity index is 1.93. The summed E-state index contributed by atoms with van der Waals surface area (Å²) in [7, 11) is 1.31. The third-order valence-electron chi connectivity index (χ3n) is 4.16. The van der Waals surface area contributed by atoms with Gasteiger partial charge in [0.25, 0.3) is 0 Å². The summed E-state index contributed by atoms with van der Waals surface area (Å²) in [5, 5.41) is 10.8. The SMILES string of the molecule is COC(=O)[C@H](c1ccccc1Cl)N1CC[C@@]2(O)OC(=O)C=C2C1. The van der Waals surface area contributed by atoms with E-state index in [-0.39, 0.29) is 13.0 Å². The molecule has 1 N–H and O–H groups in total. The molecule has 6 nitrogen and oxygen atoms in total. The first-order valence-electron chi connectivity index (χ1n) is 7.17. The first kappa shape index (κ1) is 16.0. The molecule has 2 aliphatic rings. The van der Waals surface area contributed by atoms with Gasteiger partial charge in [0, 0.05) is 36.2 Å². The van der Waals surface area contributed by atoms with Crippen molar-refractivity contribution in [3.8, 4) is 0 Å². The number of fused-ring (bicyclic) bond motifs is 1. The molecule has 1 fully saturated rings. The Morgan fingerprint density at radius 2 is 2.22 bits per heavy atom. The van der Waals surface area contributed by atoms with Gasteiger partial charge >= 0.3 is 11.9 Å². The van der Waals surface area contributed by atoms with Gasteiger partial charge < -0.3 is 14.6 Å². The molecule has 3 rings (SSSR count). The third-order valence-corrected chi connectivity index (χ3v) is 4.51. The lowest BCUT2D eigenvalue weighted by Gasteiger charge is -2.39. The summed E-state index contributed by atoms with van der Waals surface area (Å²) in [5.74, 6) is -2.58. The lowest BCUT2D eigenvalue weighted by atomic mass is 9.95. The molecule has 2 heterocycles. The van der Waals surface area contributed by atoms with Gasteiger partial charge in [-0.2, -0.15) is 0 Å². The number of hydrogen-bond acceptors (Lipinski definition) is 6. The molecule has 7 heteroatoms. The van der Waals surface area contributed by atoms with Gasteiger partial charge in [-0.05, 0) is 11.6 Å². The first-order chi connectivity index (χ1) is 10.9. The number of benzene rings is 1. The summed E-state index contributed by atoms with van der Waals surface area (Å²) < 4.78 is 9.87. The molecular weight excluding hydrogens is 322 g/mol. The molecule has 1 aromatic carbocycles. The van der Waals surface area contributed by atoms with Crippen LogP contribution in [0.4, 0.5) is 0 Å². The fraction of sp³-hybridized carbons (Fsp3) is 0.375. The van der Waals surface area contributed by atoms with Crippen LogP contribution in [0.15, 0.2) is 35.9 Å². The van der Waals surface area contributed by atoms with Crippen molar-refractivity contribution in [3.05, 3.63) is 46.5 Å². The molecule has 0 spiro atoms. The number of piperidine rings is 1. The van der Waals surface area contributed by atoms with Crippen LogP contribution in [0, 0.1) is 0 Å². The predicted octanol–water partition coefficient (Wildman–Crippen LogP) is 1.43. The molecule has 0 aromatic heterocycles. The maximum atomic E-state index is 12.3. The van der Waals surface area contributed by atoms with Gasteiger partial charge in [0.1, 0.15) is 6.04 Å². The Labute approximate surface area is 138 Å². The summed E-state index contributed by atoms with van der Waals surface area (Å²) in [4.78, 5) is 25.5. The van der Waals surface area contributed by atoms with E-state index in [1.54, 1.807) is 24.3 Å². The summed E-state index contributed by atoms with van der Waals surface area (Å²) in [6, 6.07) is 6.32. The molecule has 1 aromatic rings. The van der Waals surface area contributed by atoms with Gasteiger partial charge in [-0.25, -0.2) is 9.59 Å². The second-order valence-corrected chi connectivity index (χ2v) is 5.95. The van der Waals surface area contributed by atoms with E-state index in [0.717, 1.165) is 0 Å². The number of ether oxygens (including phenoxy) is 2. The van der Waals surface area contributed by atoms with Crippen LogP contribution in [-0.4, -0.2) is 47.9 Å². The van der Waals surface area contributed by atoms with Crippen molar-refractivity contribution in [2.45, 2.75) is 18.2 Å². The zero-order chi connectivity index (χ0) is 16.6. The van der Waals surface area contributed by atoms with E-state index in [2.05, 4.69) is 0 Å². The zero-order valence-corrected chi connectivity index (χ0v) is 13.2. The number of rotatable bonds is 3. The lowest BCUT2D eigenvalue weighted by Crippen LogP contribution is -2.49. The number of carbonyl (C=O) groups excluding carboxylic acids is 2. The lowest BCUT2D eigenvalue weighted by molar-refractivity contribution is -0.191. The number of nitrogens with zero attached hydrogens (tertiary/aromatic N) is 1. The highest BCUT2D eigenvalue weighted by atomic mass is 35.5. The quantitative estimate of drug-likeness (QED) is 0.841. The van der Waals surface area contributed by atoms with Crippen LogP contribution in [0.2, 0.25) is 5.02 Å². The Hall–Kier alpha value is -1.89. The Morgan fingerprint density at radius 1 is 1.48 bits per heavy atom. The maximum Gasteiger partial charge on any atom is 0.333 e. The molecule has 122 valence electrons. The average molecular weight is 338 g/mol. The third kappa shape index (κ3) is 2.85. The highest BCUT2D eigenvalue weighted by Crippen LogP contribution is 2.38. The van der Waals surface area contributed by atoms with Crippen molar-refractivity contribution < 1.29 is 24.2 Å². The van der Waals surface area contributed by atoms with E-state index in [1.165, 1.54) is 13.2 Å². The number of hydrogen-bond donors (Lipinski definition) is 1. The van der Waals surface area contributed by atoms with Crippen LogP contribution < -0.4 is 0 Å². The number of likely N-dealkylation sites (tertiary alicyclic amines) is 1. The molecule has 0 saturated carbocycles. The summed E-state index contributed by atoms with van der Waals surface area (Å²) in [5.41, 5.74) is 1.06. The molecule has 1 saturated heterocycles. The molecule has 2 aliphatic heterocycles. The fourth-order valence-electron chi connectivity index (χ4n) is 2.99. The second-order valence-electron chi connectivity index (χ2n) is 5.54. The van der Waals surface area contributed by atoms with Crippen molar-refractivity contribution in [3.63, 3.8) is 0 Å². The van der Waals surface area contributed by atoms with E-state index in [0.29, 0.717) is 22.7 Å². The average Bonchev–Trinajstić information content (AvgIpc) is 2.82. The van der Waals surface area contributed by atoms with Gasteiger partial charge in [0.2, 0.25) is 5.79 Å². The molecule has 2 atom stereocenters. The summed E-state index contributed by atoms with van der Waals surface area (Å²) in [6.07, 6.45) is 1.45. The summed E-state index contributed by atoms with van der Waals surface area (Å²) in [6.45, 7) is 0.569. The van der Waals surface area contributed by atoms with Crippen molar-refractivity contribution in [1.82, 2.24) is 4.90 Å². The summed E-state index contributed by atoms with van der Waals surface area (Å²) >= 11 is 6.22. The largest absolute Gasteiger partial charge is 0.468 e. The van der Waals surface area contributed by atoms with E-state index in [4.69, 9.17) is 21.1 Å². The minimum Gasteiger partial charge on any atom is -0.468 e. The van der Waals surface area contributed by atoms with E-state index in [9.17, 15) is 14.7 Å². The number of halogens is 1. The monoisotopic (exact) mass is 337 g/mol. The number of aliphatic hydroxyl groups is 1. The minimum atomic E-state index is -1.56. The van der Waals surface area contributed by atoms with Crippen LogP contribution in [0.1, 0.15) is 18.0 Å². The van der Waals surface area contributed by atoms with Crippen molar-refractivity contribution in [1.29, 1.82) is 0 Å².